The zero-order chi connectivity index (χ0) is 18.9. The van der Waals surface area contributed by atoms with Gasteiger partial charge >= 0.3 is 5.97 Å². The van der Waals surface area contributed by atoms with E-state index in [0.29, 0.717) is 4.70 Å². The molecule has 136 valence electrons. The summed E-state index contributed by atoms with van der Waals surface area (Å²) in [6, 6.07) is 10.5. The van der Waals surface area contributed by atoms with E-state index in [4.69, 9.17) is 4.74 Å². The lowest BCUT2D eigenvalue weighted by Gasteiger charge is -2.12. The van der Waals surface area contributed by atoms with E-state index in [-0.39, 0.29) is 21.7 Å². The van der Waals surface area contributed by atoms with Gasteiger partial charge in [-0.15, -0.1) is 11.3 Å². The number of benzene rings is 2. The molecule has 0 bridgehead atoms. The number of ether oxygens (including phenoxy) is 2. The lowest BCUT2D eigenvalue weighted by Crippen LogP contribution is -2.17. The van der Waals surface area contributed by atoms with Crippen molar-refractivity contribution in [2.24, 2.45) is 0 Å². The summed E-state index contributed by atoms with van der Waals surface area (Å²) in [7, 11) is -1.77. The number of para-hydroxylation sites is 2. The van der Waals surface area contributed by atoms with Crippen LogP contribution >= 0.6 is 11.3 Å². The Hall–Kier alpha value is -2.65. The Morgan fingerprint density at radius 3 is 2.54 bits per heavy atom. The average Bonchev–Trinajstić information content (AvgIpc) is 3.03. The van der Waals surface area contributed by atoms with Gasteiger partial charge in [-0.05, 0) is 24.3 Å². The van der Waals surface area contributed by atoms with E-state index >= 15 is 0 Å². The summed E-state index contributed by atoms with van der Waals surface area (Å²) < 4.78 is 52.9. The van der Waals surface area contributed by atoms with Gasteiger partial charge in [0, 0.05) is 10.1 Å². The van der Waals surface area contributed by atoms with E-state index in [1.165, 1.54) is 25.3 Å². The van der Waals surface area contributed by atoms with Crippen molar-refractivity contribution in [3.8, 4) is 5.75 Å². The number of carbonyl (C=O) groups excluding carboxylic acids is 1. The number of sulfonamides is 1. The van der Waals surface area contributed by atoms with Crippen LogP contribution < -0.4 is 9.46 Å². The van der Waals surface area contributed by atoms with Gasteiger partial charge in [0.25, 0.3) is 10.0 Å². The van der Waals surface area contributed by atoms with E-state index in [1.807, 2.05) is 0 Å². The maximum atomic E-state index is 14.4. The van der Waals surface area contributed by atoms with Crippen molar-refractivity contribution < 1.29 is 27.1 Å². The van der Waals surface area contributed by atoms with E-state index in [9.17, 15) is 17.6 Å². The lowest BCUT2D eigenvalue weighted by atomic mass is 10.2. The van der Waals surface area contributed by atoms with E-state index in [2.05, 4.69) is 9.46 Å². The fraction of sp³-hybridized carbons (Fsp3) is 0.118. The fourth-order valence-corrected chi connectivity index (χ4v) is 5.40. The highest BCUT2D eigenvalue weighted by Gasteiger charge is 2.31. The van der Waals surface area contributed by atoms with Crippen molar-refractivity contribution in [3.05, 3.63) is 53.2 Å². The van der Waals surface area contributed by atoms with Gasteiger partial charge in [0.15, 0.2) is 0 Å². The molecule has 1 aromatic heterocycles. The topological polar surface area (TPSA) is 81.7 Å². The zero-order valence-corrected chi connectivity index (χ0v) is 15.4. The van der Waals surface area contributed by atoms with Crippen molar-refractivity contribution in [3.63, 3.8) is 0 Å². The molecule has 1 N–H and O–H groups in total. The van der Waals surface area contributed by atoms with Crippen LogP contribution in [0.1, 0.15) is 9.67 Å². The summed E-state index contributed by atoms with van der Waals surface area (Å²) in [5.41, 5.74) is 0.168. The highest BCUT2D eigenvalue weighted by atomic mass is 32.2. The number of hydrogen-bond donors (Lipinski definition) is 1. The molecule has 0 saturated carbocycles. The molecular weight excluding hydrogens is 381 g/mol. The summed E-state index contributed by atoms with van der Waals surface area (Å²) >= 11 is 0.853. The molecule has 0 unspecified atom stereocenters. The first-order valence-corrected chi connectivity index (χ1v) is 9.64. The molecule has 0 amide bonds. The number of anilines is 1. The molecule has 0 aliphatic rings. The van der Waals surface area contributed by atoms with Crippen molar-refractivity contribution in [1.29, 1.82) is 0 Å². The summed E-state index contributed by atoms with van der Waals surface area (Å²) in [6.07, 6.45) is 0. The van der Waals surface area contributed by atoms with Gasteiger partial charge in [0.2, 0.25) is 0 Å². The Morgan fingerprint density at radius 1 is 1.12 bits per heavy atom. The van der Waals surface area contributed by atoms with Crippen molar-refractivity contribution in [2.75, 3.05) is 18.9 Å². The quantitative estimate of drug-likeness (QED) is 0.667. The molecule has 0 atom stereocenters. The predicted molar refractivity (Wildman–Crippen MR) is 96.9 cm³/mol. The minimum Gasteiger partial charge on any atom is -0.495 e. The summed E-state index contributed by atoms with van der Waals surface area (Å²) in [5.74, 6) is -1.31. The van der Waals surface area contributed by atoms with E-state index in [1.54, 1.807) is 18.2 Å². The Balaban J connectivity index is 2.24. The van der Waals surface area contributed by atoms with Crippen LogP contribution in [0, 0.1) is 5.82 Å². The van der Waals surface area contributed by atoms with Crippen LogP contribution in [0.2, 0.25) is 0 Å². The van der Waals surface area contributed by atoms with Crippen LogP contribution in [0.15, 0.2) is 47.4 Å². The minimum absolute atomic E-state index is 0.153. The highest BCUT2D eigenvalue weighted by Crippen LogP contribution is 2.38. The number of hydrogen-bond acceptors (Lipinski definition) is 6. The van der Waals surface area contributed by atoms with Crippen molar-refractivity contribution >= 4 is 43.1 Å². The smallest absolute Gasteiger partial charge is 0.349 e. The Labute approximate surface area is 153 Å². The second-order valence-corrected chi connectivity index (χ2v) is 7.84. The van der Waals surface area contributed by atoms with Crippen LogP contribution in [-0.2, 0) is 14.8 Å². The summed E-state index contributed by atoms with van der Waals surface area (Å²) in [4.78, 5) is 11.4. The Bertz CT molecular complexity index is 1090. The summed E-state index contributed by atoms with van der Waals surface area (Å²) in [6.45, 7) is 0. The molecule has 26 heavy (non-hydrogen) atoms. The largest absolute Gasteiger partial charge is 0.495 e. The maximum Gasteiger partial charge on any atom is 0.349 e. The molecule has 6 nitrogen and oxygen atoms in total. The van der Waals surface area contributed by atoms with Crippen LogP contribution in [0.4, 0.5) is 10.1 Å². The number of esters is 1. The van der Waals surface area contributed by atoms with E-state index in [0.717, 1.165) is 24.5 Å². The fourth-order valence-electron chi connectivity index (χ4n) is 2.49. The highest BCUT2D eigenvalue weighted by molar-refractivity contribution is 7.93. The molecular formula is C17H14FNO5S2. The monoisotopic (exact) mass is 395 g/mol. The molecule has 3 aromatic rings. The number of carbonyl (C=O) groups is 1. The van der Waals surface area contributed by atoms with Gasteiger partial charge in [-0.3, -0.25) is 4.72 Å². The van der Waals surface area contributed by atoms with Crippen LogP contribution in [0.25, 0.3) is 10.1 Å². The third-order valence-corrected chi connectivity index (χ3v) is 6.31. The first kappa shape index (κ1) is 18.2. The number of thiophene rings is 1. The van der Waals surface area contributed by atoms with E-state index < -0.39 is 26.7 Å². The number of halogens is 1. The molecule has 0 aliphatic heterocycles. The molecule has 0 aliphatic carbocycles. The minimum atomic E-state index is -4.30. The number of rotatable bonds is 5. The number of nitrogens with one attached hydrogen (secondary N) is 1. The average molecular weight is 395 g/mol. The van der Waals surface area contributed by atoms with Gasteiger partial charge < -0.3 is 9.47 Å². The molecule has 2 aromatic carbocycles. The molecule has 0 radical (unpaired) electrons. The van der Waals surface area contributed by atoms with Gasteiger partial charge in [-0.1, -0.05) is 18.2 Å². The Morgan fingerprint density at radius 2 is 1.85 bits per heavy atom. The first-order valence-electron chi connectivity index (χ1n) is 7.34. The second-order valence-electron chi connectivity index (χ2n) is 5.17. The molecule has 0 fully saturated rings. The molecule has 9 heteroatoms. The second kappa shape index (κ2) is 6.93. The normalized spacial score (nSPS) is 11.3. The SMILES string of the molecule is COC(=O)c1sc2cccc(F)c2c1S(=O)(=O)Nc1ccccc1OC. The molecule has 1 heterocycles. The van der Waals surface area contributed by atoms with Gasteiger partial charge in [-0.25, -0.2) is 17.6 Å². The van der Waals surface area contributed by atoms with Crippen molar-refractivity contribution in [1.82, 2.24) is 0 Å². The number of fused-ring (bicyclic) bond motifs is 1. The predicted octanol–water partition coefficient (Wildman–Crippen LogP) is 3.64. The van der Waals surface area contributed by atoms with Crippen LogP contribution in [-0.4, -0.2) is 28.6 Å². The standard InChI is InChI=1S/C17H14FNO5S2/c1-23-12-8-4-3-7-11(12)19-26(21,22)16-14-10(18)6-5-9-13(14)25-15(16)17(20)24-2/h3-9,19H,1-2H3. The summed E-state index contributed by atoms with van der Waals surface area (Å²) in [5, 5.41) is -0.153. The zero-order valence-electron chi connectivity index (χ0n) is 13.8. The third kappa shape index (κ3) is 3.11. The first-order chi connectivity index (χ1) is 12.4. The van der Waals surface area contributed by atoms with Gasteiger partial charge in [0.05, 0.1) is 19.9 Å². The van der Waals surface area contributed by atoms with Crippen LogP contribution in [0.3, 0.4) is 0 Å². The maximum absolute atomic E-state index is 14.4. The number of methoxy groups -OCH3 is 2. The molecule has 0 saturated heterocycles. The Kier molecular flexibility index (Phi) is 4.84. The van der Waals surface area contributed by atoms with Crippen molar-refractivity contribution in [2.45, 2.75) is 4.90 Å². The van der Waals surface area contributed by atoms with Gasteiger partial charge in [-0.2, -0.15) is 0 Å². The molecule has 3 rings (SSSR count). The van der Waals surface area contributed by atoms with Gasteiger partial charge in [0.1, 0.15) is 21.3 Å². The lowest BCUT2D eigenvalue weighted by molar-refractivity contribution is 0.0602. The van der Waals surface area contributed by atoms with Crippen LogP contribution in [0.5, 0.6) is 5.75 Å². The molecule has 0 spiro atoms. The third-order valence-electron chi connectivity index (χ3n) is 3.61.